The van der Waals surface area contributed by atoms with E-state index < -0.39 is 5.56 Å². The van der Waals surface area contributed by atoms with Crippen molar-refractivity contribution in [2.75, 3.05) is 7.11 Å². The van der Waals surface area contributed by atoms with E-state index >= 15 is 0 Å². The van der Waals surface area contributed by atoms with Gasteiger partial charge in [-0.3, -0.25) is 4.79 Å². The first kappa shape index (κ1) is 16.9. The van der Waals surface area contributed by atoms with Gasteiger partial charge in [-0.15, -0.1) is 0 Å². The van der Waals surface area contributed by atoms with Crippen molar-refractivity contribution in [2.24, 2.45) is 0 Å². The molecule has 5 nitrogen and oxygen atoms in total. The van der Waals surface area contributed by atoms with Crippen molar-refractivity contribution in [3.8, 4) is 28.7 Å². The normalized spacial score (nSPS) is 10.5. The van der Waals surface area contributed by atoms with Crippen molar-refractivity contribution in [2.45, 2.75) is 26.9 Å². The maximum atomic E-state index is 12.0. The molecule has 120 valence electrons. The Kier molecular flexibility index (Phi) is 4.97. The van der Waals surface area contributed by atoms with Crippen LogP contribution in [0, 0.1) is 18.3 Å². The van der Waals surface area contributed by atoms with Crippen LogP contribution in [0.4, 0.5) is 0 Å². The number of rotatable bonds is 4. The fourth-order valence-corrected chi connectivity index (χ4v) is 2.51. The first-order valence-electron chi connectivity index (χ1n) is 7.06. The number of H-pyrrole nitrogens is 1. The van der Waals surface area contributed by atoms with E-state index in [0.717, 1.165) is 0 Å². The molecule has 2 rings (SSSR count). The number of nitriles is 1. The van der Waals surface area contributed by atoms with E-state index in [2.05, 4.69) is 4.98 Å². The highest BCUT2D eigenvalue weighted by Crippen LogP contribution is 2.39. The SMILES string of the molecule is COc1cc(-c2cc(C)[nH]c(=O)c2C#N)c(Cl)cc1OC(C)C. The van der Waals surface area contributed by atoms with Crippen molar-refractivity contribution in [3.63, 3.8) is 0 Å². The predicted octanol–water partition coefficient (Wildman–Crippen LogP) is 3.67. The zero-order chi connectivity index (χ0) is 17.1. The molecule has 0 saturated heterocycles. The standard InChI is InChI=1S/C17H17ClN2O3/c1-9(2)23-16-7-14(18)12(6-15(16)22-4)11-5-10(3)20-17(21)13(11)8-19/h5-7,9H,1-4H3,(H,20,21). The van der Waals surface area contributed by atoms with Gasteiger partial charge in [0.25, 0.3) is 5.56 Å². The highest BCUT2D eigenvalue weighted by atomic mass is 35.5. The maximum Gasteiger partial charge on any atom is 0.266 e. The minimum absolute atomic E-state index is 0.0112. The number of aromatic nitrogens is 1. The van der Waals surface area contributed by atoms with Gasteiger partial charge < -0.3 is 14.5 Å². The largest absolute Gasteiger partial charge is 0.493 e. The lowest BCUT2D eigenvalue weighted by atomic mass is 10.0. The summed E-state index contributed by atoms with van der Waals surface area (Å²) in [5.41, 5.74) is 1.22. The van der Waals surface area contributed by atoms with Gasteiger partial charge in [-0.1, -0.05) is 11.6 Å². The second-order valence-corrected chi connectivity index (χ2v) is 5.74. The molecular formula is C17H17ClN2O3. The van der Waals surface area contributed by atoms with Crippen LogP contribution >= 0.6 is 11.6 Å². The number of halogens is 1. The second-order valence-electron chi connectivity index (χ2n) is 5.33. The van der Waals surface area contributed by atoms with Gasteiger partial charge in [0, 0.05) is 22.9 Å². The zero-order valence-corrected chi connectivity index (χ0v) is 14.1. The lowest BCUT2D eigenvalue weighted by Crippen LogP contribution is -2.13. The molecule has 0 bridgehead atoms. The van der Waals surface area contributed by atoms with Crippen LogP contribution < -0.4 is 15.0 Å². The molecule has 1 aromatic heterocycles. The molecule has 0 amide bonds. The summed E-state index contributed by atoms with van der Waals surface area (Å²) in [6.07, 6.45) is -0.0395. The molecule has 0 aliphatic rings. The maximum absolute atomic E-state index is 12.0. The number of nitrogens with one attached hydrogen (secondary N) is 1. The number of nitrogens with zero attached hydrogens (tertiary/aromatic N) is 1. The van der Waals surface area contributed by atoms with Crippen molar-refractivity contribution in [1.82, 2.24) is 4.98 Å². The Bertz CT molecular complexity index is 835. The molecule has 1 aromatic carbocycles. The second kappa shape index (κ2) is 6.76. The number of aryl methyl sites for hydroxylation is 1. The fourth-order valence-electron chi connectivity index (χ4n) is 2.26. The third-order valence-electron chi connectivity index (χ3n) is 3.19. The van der Waals surface area contributed by atoms with Crippen molar-refractivity contribution in [3.05, 3.63) is 44.8 Å². The summed E-state index contributed by atoms with van der Waals surface area (Å²) < 4.78 is 11.0. The predicted molar refractivity (Wildman–Crippen MR) is 89.3 cm³/mol. The highest BCUT2D eigenvalue weighted by Gasteiger charge is 2.17. The van der Waals surface area contributed by atoms with Gasteiger partial charge in [-0.05, 0) is 32.9 Å². The zero-order valence-electron chi connectivity index (χ0n) is 13.4. The monoisotopic (exact) mass is 332 g/mol. The third kappa shape index (κ3) is 3.49. The molecule has 0 atom stereocenters. The van der Waals surface area contributed by atoms with E-state index in [1.807, 2.05) is 19.9 Å². The molecule has 2 aromatic rings. The molecule has 0 unspecified atom stereocenters. The molecule has 0 fully saturated rings. The number of methoxy groups -OCH3 is 1. The van der Waals surface area contributed by atoms with Crippen LogP contribution in [-0.2, 0) is 0 Å². The Hall–Kier alpha value is -2.45. The molecule has 23 heavy (non-hydrogen) atoms. The Morgan fingerprint density at radius 3 is 2.48 bits per heavy atom. The van der Waals surface area contributed by atoms with Gasteiger partial charge in [0.15, 0.2) is 11.5 Å². The lowest BCUT2D eigenvalue weighted by Gasteiger charge is -2.16. The van der Waals surface area contributed by atoms with Gasteiger partial charge in [0.1, 0.15) is 11.6 Å². The smallest absolute Gasteiger partial charge is 0.266 e. The molecule has 0 aliphatic carbocycles. The van der Waals surface area contributed by atoms with Crippen molar-refractivity contribution >= 4 is 11.6 Å². The Morgan fingerprint density at radius 1 is 1.22 bits per heavy atom. The van der Waals surface area contributed by atoms with Crippen LogP contribution in [0.3, 0.4) is 0 Å². The summed E-state index contributed by atoms with van der Waals surface area (Å²) in [7, 11) is 1.52. The van der Waals surface area contributed by atoms with E-state index in [0.29, 0.717) is 33.3 Å². The number of pyridine rings is 1. The molecule has 0 saturated carbocycles. The number of ether oxygens (including phenoxy) is 2. The van der Waals surface area contributed by atoms with Gasteiger partial charge in [0.2, 0.25) is 0 Å². The van der Waals surface area contributed by atoms with Crippen LogP contribution in [0.2, 0.25) is 5.02 Å². The molecule has 0 aliphatic heterocycles. The van der Waals surface area contributed by atoms with Crippen LogP contribution in [0.15, 0.2) is 23.0 Å². The molecule has 1 N–H and O–H groups in total. The molecule has 0 spiro atoms. The Balaban J connectivity index is 2.71. The van der Waals surface area contributed by atoms with E-state index in [-0.39, 0.29) is 11.7 Å². The number of hydrogen-bond acceptors (Lipinski definition) is 4. The summed E-state index contributed by atoms with van der Waals surface area (Å²) in [6, 6.07) is 6.95. The molecule has 6 heteroatoms. The molecular weight excluding hydrogens is 316 g/mol. The fraction of sp³-hybridized carbons (Fsp3) is 0.294. The van der Waals surface area contributed by atoms with Gasteiger partial charge in [-0.2, -0.15) is 5.26 Å². The van der Waals surface area contributed by atoms with E-state index in [9.17, 15) is 10.1 Å². The summed E-state index contributed by atoms with van der Waals surface area (Å²) >= 11 is 6.35. The van der Waals surface area contributed by atoms with E-state index in [1.54, 1.807) is 25.1 Å². The first-order valence-corrected chi connectivity index (χ1v) is 7.43. The molecule has 0 radical (unpaired) electrons. The Labute approximate surface area is 139 Å². The summed E-state index contributed by atoms with van der Waals surface area (Å²) in [4.78, 5) is 14.6. The van der Waals surface area contributed by atoms with Crippen LogP contribution in [-0.4, -0.2) is 18.2 Å². The summed E-state index contributed by atoms with van der Waals surface area (Å²) in [5, 5.41) is 9.65. The average molecular weight is 333 g/mol. The van der Waals surface area contributed by atoms with Crippen LogP contribution in [0.5, 0.6) is 11.5 Å². The number of aromatic amines is 1. The van der Waals surface area contributed by atoms with Crippen LogP contribution in [0.1, 0.15) is 25.1 Å². The Morgan fingerprint density at radius 2 is 1.91 bits per heavy atom. The number of benzene rings is 1. The quantitative estimate of drug-likeness (QED) is 0.926. The minimum Gasteiger partial charge on any atom is -0.493 e. The van der Waals surface area contributed by atoms with Crippen LogP contribution in [0.25, 0.3) is 11.1 Å². The molecule has 1 heterocycles. The third-order valence-corrected chi connectivity index (χ3v) is 3.50. The first-order chi connectivity index (χ1) is 10.9. The van der Waals surface area contributed by atoms with Crippen molar-refractivity contribution < 1.29 is 9.47 Å². The van der Waals surface area contributed by atoms with Gasteiger partial charge in [0.05, 0.1) is 18.2 Å². The topological polar surface area (TPSA) is 75.1 Å². The van der Waals surface area contributed by atoms with E-state index in [1.165, 1.54) is 7.11 Å². The lowest BCUT2D eigenvalue weighted by molar-refractivity contribution is 0.230. The van der Waals surface area contributed by atoms with Gasteiger partial charge >= 0.3 is 0 Å². The summed E-state index contributed by atoms with van der Waals surface area (Å²) in [5.74, 6) is 0.997. The number of hydrogen-bond donors (Lipinski definition) is 1. The van der Waals surface area contributed by atoms with Gasteiger partial charge in [-0.25, -0.2) is 0 Å². The highest BCUT2D eigenvalue weighted by molar-refractivity contribution is 6.33. The van der Waals surface area contributed by atoms with Crippen molar-refractivity contribution in [1.29, 1.82) is 5.26 Å². The van der Waals surface area contributed by atoms with E-state index in [4.69, 9.17) is 21.1 Å². The average Bonchev–Trinajstić information content (AvgIpc) is 2.46. The summed E-state index contributed by atoms with van der Waals surface area (Å²) in [6.45, 7) is 5.54. The minimum atomic E-state index is -0.444.